The molecule has 0 spiro atoms. The highest BCUT2D eigenvalue weighted by atomic mass is 32.2. The third-order valence-electron chi connectivity index (χ3n) is 3.75. The van der Waals surface area contributed by atoms with Crippen molar-refractivity contribution in [2.75, 3.05) is 27.7 Å². The molecule has 0 aliphatic heterocycles. The van der Waals surface area contributed by atoms with E-state index in [1.54, 1.807) is 6.07 Å². The number of benzene rings is 1. The Morgan fingerprint density at radius 2 is 1.93 bits per heavy atom. The summed E-state index contributed by atoms with van der Waals surface area (Å²) in [4.78, 5) is 23.1. The molecule has 2 rings (SSSR count). The van der Waals surface area contributed by atoms with Gasteiger partial charge >= 0.3 is 5.97 Å². The lowest BCUT2D eigenvalue weighted by molar-refractivity contribution is 0.0696. The van der Waals surface area contributed by atoms with E-state index in [1.165, 1.54) is 45.5 Å². The van der Waals surface area contributed by atoms with Crippen molar-refractivity contribution in [1.82, 2.24) is 9.62 Å². The van der Waals surface area contributed by atoms with Crippen molar-refractivity contribution in [3.63, 3.8) is 0 Å². The molecule has 9 nitrogen and oxygen atoms in total. The molecule has 1 heterocycles. The summed E-state index contributed by atoms with van der Waals surface area (Å²) in [6.07, 6.45) is 0.387. The van der Waals surface area contributed by atoms with Crippen LogP contribution >= 0.6 is 0 Å². The van der Waals surface area contributed by atoms with Gasteiger partial charge in [-0.3, -0.25) is 4.79 Å². The molecule has 1 aromatic heterocycles. The number of carboxylic acids is 1. The normalized spacial score (nSPS) is 11.4. The summed E-state index contributed by atoms with van der Waals surface area (Å²) in [5, 5.41) is 11.3. The minimum atomic E-state index is -3.75. The quantitative estimate of drug-likeness (QED) is 0.687. The maximum Gasteiger partial charge on any atom is 0.335 e. The average molecular weight is 396 g/mol. The number of nitrogens with one attached hydrogen (secondary N) is 1. The topological polar surface area (TPSA) is 126 Å². The molecule has 0 fully saturated rings. The smallest absolute Gasteiger partial charge is 0.335 e. The second-order valence-corrected chi connectivity index (χ2v) is 7.83. The van der Waals surface area contributed by atoms with Crippen molar-refractivity contribution in [3.8, 4) is 5.75 Å². The summed E-state index contributed by atoms with van der Waals surface area (Å²) in [7, 11) is 0.402. The molecule has 0 bridgehead atoms. The Bertz CT molecular complexity index is 948. The molecule has 1 amide bonds. The summed E-state index contributed by atoms with van der Waals surface area (Å²) in [6.45, 7) is 0.220. The van der Waals surface area contributed by atoms with Crippen LogP contribution in [0.1, 0.15) is 26.5 Å². The van der Waals surface area contributed by atoms with Crippen LogP contribution in [0.3, 0.4) is 0 Å². The van der Waals surface area contributed by atoms with E-state index < -0.39 is 21.9 Å². The zero-order chi connectivity index (χ0) is 20.2. The summed E-state index contributed by atoms with van der Waals surface area (Å²) in [5.41, 5.74) is 0.822. The van der Waals surface area contributed by atoms with Crippen molar-refractivity contribution in [2.45, 2.75) is 11.5 Å². The molecule has 0 atom stereocenters. The number of carbonyl (C=O) groups excluding carboxylic acids is 1. The molecule has 1 aromatic carbocycles. The summed E-state index contributed by atoms with van der Waals surface area (Å²) >= 11 is 0. The van der Waals surface area contributed by atoms with Crippen molar-refractivity contribution in [3.05, 3.63) is 47.2 Å². The van der Waals surface area contributed by atoms with Crippen LogP contribution in [0.2, 0.25) is 0 Å². The van der Waals surface area contributed by atoms with Gasteiger partial charge in [-0.15, -0.1) is 0 Å². The first-order valence-electron chi connectivity index (χ1n) is 7.87. The number of furan rings is 1. The lowest BCUT2D eigenvalue weighted by atomic mass is 10.1. The fraction of sp³-hybridized carbons (Fsp3) is 0.294. The number of methoxy groups -OCH3 is 1. The molecule has 0 radical (unpaired) electrons. The van der Waals surface area contributed by atoms with E-state index in [0.29, 0.717) is 12.2 Å². The molecule has 0 aliphatic carbocycles. The van der Waals surface area contributed by atoms with Gasteiger partial charge in [0.05, 0.1) is 12.7 Å². The van der Waals surface area contributed by atoms with Gasteiger partial charge in [0.15, 0.2) is 5.76 Å². The molecule has 0 unspecified atom stereocenters. The number of hydrogen-bond donors (Lipinski definition) is 2. The zero-order valence-corrected chi connectivity index (χ0v) is 15.9. The number of ether oxygens (including phenoxy) is 1. The minimum absolute atomic E-state index is 0.102. The second kappa shape index (κ2) is 8.23. The number of hydrogen-bond acceptors (Lipinski definition) is 6. The van der Waals surface area contributed by atoms with Gasteiger partial charge < -0.3 is 19.6 Å². The van der Waals surface area contributed by atoms with Crippen molar-refractivity contribution < 1.29 is 32.3 Å². The molecule has 2 aromatic rings. The number of rotatable bonds is 8. The van der Waals surface area contributed by atoms with Gasteiger partial charge in [-0.2, -0.15) is 0 Å². The monoisotopic (exact) mass is 396 g/mol. The number of sulfonamides is 1. The minimum Gasteiger partial charge on any atom is -0.496 e. The summed E-state index contributed by atoms with van der Waals surface area (Å²) < 4.78 is 35.2. The highest BCUT2D eigenvalue weighted by molar-refractivity contribution is 7.88. The van der Waals surface area contributed by atoms with Gasteiger partial charge in [0, 0.05) is 20.6 Å². The van der Waals surface area contributed by atoms with Crippen LogP contribution in [0.4, 0.5) is 0 Å². The zero-order valence-electron chi connectivity index (χ0n) is 15.1. The van der Waals surface area contributed by atoms with E-state index in [9.17, 15) is 18.0 Å². The van der Waals surface area contributed by atoms with Gasteiger partial charge in [0.2, 0.25) is 5.09 Å². The van der Waals surface area contributed by atoms with E-state index in [2.05, 4.69) is 5.32 Å². The fourth-order valence-electron chi connectivity index (χ4n) is 2.24. The molecule has 10 heteroatoms. The first-order valence-corrected chi connectivity index (χ1v) is 9.31. The predicted octanol–water partition coefficient (Wildman–Crippen LogP) is 1.21. The van der Waals surface area contributed by atoms with Crippen LogP contribution in [0.25, 0.3) is 0 Å². The lowest BCUT2D eigenvalue weighted by Gasteiger charge is -2.10. The van der Waals surface area contributed by atoms with E-state index in [1.807, 2.05) is 0 Å². The number of aromatic carboxylic acids is 1. The number of nitrogens with zero attached hydrogens (tertiary/aromatic N) is 1. The van der Waals surface area contributed by atoms with Crippen molar-refractivity contribution in [1.29, 1.82) is 0 Å². The van der Waals surface area contributed by atoms with Crippen LogP contribution in [-0.2, 0) is 16.4 Å². The highest BCUT2D eigenvalue weighted by Crippen LogP contribution is 2.21. The third-order valence-corrected chi connectivity index (χ3v) is 5.44. The van der Waals surface area contributed by atoms with E-state index in [0.717, 1.165) is 9.87 Å². The number of amides is 1. The van der Waals surface area contributed by atoms with Crippen LogP contribution < -0.4 is 10.1 Å². The second-order valence-electron chi connectivity index (χ2n) is 5.74. The van der Waals surface area contributed by atoms with Crippen LogP contribution in [0.15, 0.2) is 39.8 Å². The number of carbonyl (C=O) groups is 2. The summed E-state index contributed by atoms with van der Waals surface area (Å²) in [5.74, 6) is -1.34. The standard InChI is InChI=1S/C17H20N2O7S/c1-19(2)27(23,24)15-7-6-13(26-15)16(20)18-9-8-11-4-5-12(17(21)22)10-14(11)25-3/h4-7,10H,8-9H2,1-3H3,(H,18,20)(H,21,22). The molecule has 0 saturated carbocycles. The van der Waals surface area contributed by atoms with Crippen LogP contribution in [0.5, 0.6) is 5.75 Å². The van der Waals surface area contributed by atoms with Gasteiger partial charge in [0.25, 0.3) is 15.9 Å². The Morgan fingerprint density at radius 3 is 2.52 bits per heavy atom. The maximum atomic E-state index is 12.1. The van der Waals surface area contributed by atoms with Crippen LogP contribution in [-0.4, -0.2) is 57.5 Å². The average Bonchev–Trinajstić information content (AvgIpc) is 3.12. The SMILES string of the molecule is COc1cc(C(=O)O)ccc1CCNC(=O)c1ccc(S(=O)(=O)N(C)C)o1. The molecule has 27 heavy (non-hydrogen) atoms. The predicted molar refractivity (Wildman–Crippen MR) is 95.6 cm³/mol. The molecule has 0 aliphatic rings. The first kappa shape index (κ1) is 20.5. The molecular formula is C17H20N2O7S. The van der Waals surface area contributed by atoms with Crippen molar-refractivity contribution in [2.24, 2.45) is 0 Å². The molecule has 146 valence electrons. The molecule has 2 N–H and O–H groups in total. The fourth-order valence-corrected chi connectivity index (χ4v) is 3.04. The number of carboxylic acid groups (broad SMARTS) is 1. The van der Waals surface area contributed by atoms with E-state index >= 15 is 0 Å². The van der Waals surface area contributed by atoms with Crippen LogP contribution in [0, 0.1) is 0 Å². The maximum absolute atomic E-state index is 12.1. The van der Waals surface area contributed by atoms with E-state index in [4.69, 9.17) is 14.3 Å². The summed E-state index contributed by atoms with van der Waals surface area (Å²) in [6, 6.07) is 6.98. The Balaban J connectivity index is 2.01. The Labute approximate surface area is 156 Å². The molecule has 0 saturated heterocycles. The largest absolute Gasteiger partial charge is 0.496 e. The Kier molecular flexibility index (Phi) is 6.24. The Hall–Kier alpha value is -2.85. The van der Waals surface area contributed by atoms with Gasteiger partial charge in [0.1, 0.15) is 5.75 Å². The van der Waals surface area contributed by atoms with Crippen molar-refractivity contribution >= 4 is 21.9 Å². The van der Waals surface area contributed by atoms with Gasteiger partial charge in [-0.1, -0.05) is 6.07 Å². The van der Waals surface area contributed by atoms with E-state index in [-0.39, 0.29) is 23.0 Å². The third kappa shape index (κ3) is 4.66. The van der Waals surface area contributed by atoms with Gasteiger partial charge in [-0.25, -0.2) is 17.5 Å². The molecular weight excluding hydrogens is 376 g/mol. The van der Waals surface area contributed by atoms with Gasteiger partial charge in [-0.05, 0) is 36.2 Å². The first-order chi connectivity index (χ1) is 12.7. The Morgan fingerprint density at radius 1 is 1.22 bits per heavy atom. The lowest BCUT2D eigenvalue weighted by Crippen LogP contribution is -2.25. The highest BCUT2D eigenvalue weighted by Gasteiger charge is 2.23.